The summed E-state index contributed by atoms with van der Waals surface area (Å²) < 4.78 is 38.1. The first kappa shape index (κ1) is 14.6. The van der Waals surface area contributed by atoms with Gasteiger partial charge in [0.05, 0.1) is 15.1 Å². The van der Waals surface area contributed by atoms with Crippen molar-refractivity contribution >= 4 is 34.8 Å². The summed E-state index contributed by atoms with van der Waals surface area (Å²) in [6.45, 7) is 2.97. The third-order valence-corrected chi connectivity index (χ3v) is 3.35. The van der Waals surface area contributed by atoms with Gasteiger partial charge >= 0.3 is 6.18 Å². The zero-order valence-electron chi connectivity index (χ0n) is 8.15. The van der Waals surface area contributed by atoms with E-state index in [1.807, 2.05) is 0 Å². The van der Waals surface area contributed by atoms with Gasteiger partial charge in [-0.3, -0.25) is 0 Å². The Morgan fingerprint density at radius 3 is 1.82 bits per heavy atom. The van der Waals surface area contributed by atoms with E-state index in [4.69, 9.17) is 34.8 Å². The van der Waals surface area contributed by atoms with Crippen molar-refractivity contribution in [1.29, 1.82) is 0 Å². The van der Waals surface area contributed by atoms with E-state index in [1.54, 1.807) is 0 Å². The van der Waals surface area contributed by atoms with Gasteiger partial charge in [-0.25, -0.2) is 0 Å². The van der Waals surface area contributed by atoms with Crippen LogP contribution in [0.4, 0.5) is 13.2 Å². The Labute approximate surface area is 110 Å². The molecule has 94 valence electrons. The average Bonchev–Trinajstić information content (AvgIpc) is 2.22. The van der Waals surface area contributed by atoms with Crippen LogP contribution in [0.1, 0.15) is 5.56 Å². The van der Waals surface area contributed by atoms with Crippen molar-refractivity contribution in [2.75, 3.05) is 0 Å². The van der Waals surface area contributed by atoms with Crippen LogP contribution in [-0.2, 0) is 5.60 Å². The molecule has 1 nitrogen and oxygen atoms in total. The minimum atomic E-state index is -4.94. The van der Waals surface area contributed by atoms with Crippen molar-refractivity contribution in [2.24, 2.45) is 0 Å². The van der Waals surface area contributed by atoms with Gasteiger partial charge < -0.3 is 5.11 Å². The fourth-order valence-electron chi connectivity index (χ4n) is 1.17. The van der Waals surface area contributed by atoms with Crippen molar-refractivity contribution in [2.45, 2.75) is 11.8 Å². The lowest BCUT2D eigenvalue weighted by Crippen LogP contribution is -2.40. The zero-order chi connectivity index (χ0) is 13.4. The second kappa shape index (κ2) is 4.69. The molecule has 0 amide bonds. The third-order valence-electron chi connectivity index (χ3n) is 2.15. The summed E-state index contributed by atoms with van der Waals surface area (Å²) in [5, 5.41) is 9.12. The highest BCUT2D eigenvalue weighted by molar-refractivity contribution is 6.48. The van der Waals surface area contributed by atoms with Crippen molar-refractivity contribution in [1.82, 2.24) is 0 Å². The molecule has 0 radical (unpaired) electrons. The summed E-state index contributed by atoms with van der Waals surface area (Å²) in [4.78, 5) is 0. The van der Waals surface area contributed by atoms with Crippen molar-refractivity contribution in [3.8, 4) is 0 Å². The van der Waals surface area contributed by atoms with Crippen LogP contribution in [0.3, 0.4) is 0 Å². The summed E-state index contributed by atoms with van der Waals surface area (Å²) in [7, 11) is 0. The van der Waals surface area contributed by atoms with Crippen LogP contribution in [-0.4, -0.2) is 11.3 Å². The molecule has 0 saturated heterocycles. The smallest absolute Gasteiger partial charge is 0.373 e. The van der Waals surface area contributed by atoms with Crippen LogP contribution >= 0.6 is 34.8 Å². The Hall–Kier alpha value is -0.420. The van der Waals surface area contributed by atoms with E-state index in [-0.39, 0.29) is 15.1 Å². The minimum absolute atomic E-state index is 0.0781. The molecule has 1 N–H and O–H groups in total. The molecule has 0 aliphatic heterocycles. The number of alkyl halides is 3. The van der Waals surface area contributed by atoms with Gasteiger partial charge in [0.25, 0.3) is 0 Å². The normalized spacial score (nSPS) is 15.5. The number of hydrogen-bond acceptors (Lipinski definition) is 1. The SMILES string of the molecule is C=C[C@](O)(c1cc(Cl)c(Cl)c(Cl)c1)C(F)(F)F. The monoisotopic (exact) mass is 304 g/mol. The number of rotatable bonds is 2. The van der Waals surface area contributed by atoms with Gasteiger partial charge in [-0.2, -0.15) is 13.2 Å². The second-order valence-electron chi connectivity index (χ2n) is 3.22. The molecule has 1 aromatic carbocycles. The molecule has 0 saturated carbocycles. The fourth-order valence-corrected chi connectivity index (χ4v) is 1.77. The highest BCUT2D eigenvalue weighted by Crippen LogP contribution is 2.43. The highest BCUT2D eigenvalue weighted by atomic mass is 35.5. The van der Waals surface area contributed by atoms with Gasteiger partial charge in [-0.1, -0.05) is 41.4 Å². The second-order valence-corrected chi connectivity index (χ2v) is 4.41. The van der Waals surface area contributed by atoms with Crippen molar-refractivity contribution in [3.63, 3.8) is 0 Å². The van der Waals surface area contributed by atoms with Gasteiger partial charge in [0, 0.05) is 0 Å². The predicted octanol–water partition coefficient (Wildman–Crippen LogP) is 4.58. The van der Waals surface area contributed by atoms with Gasteiger partial charge in [0.1, 0.15) is 0 Å². The summed E-state index contributed by atoms with van der Waals surface area (Å²) in [5.41, 5.74) is -3.76. The van der Waals surface area contributed by atoms with Gasteiger partial charge in [0.15, 0.2) is 0 Å². The minimum Gasteiger partial charge on any atom is -0.373 e. The molecule has 0 fully saturated rings. The molecule has 17 heavy (non-hydrogen) atoms. The maximum atomic E-state index is 12.7. The molecule has 0 unspecified atom stereocenters. The molecular formula is C10H6Cl3F3O. The first-order valence-electron chi connectivity index (χ1n) is 4.21. The average molecular weight is 306 g/mol. The van der Waals surface area contributed by atoms with Crippen LogP contribution in [0.15, 0.2) is 24.8 Å². The molecule has 1 aromatic rings. The maximum Gasteiger partial charge on any atom is 0.425 e. The Morgan fingerprint density at radius 2 is 1.53 bits per heavy atom. The molecule has 1 rings (SSSR count). The van der Waals surface area contributed by atoms with Crippen LogP contribution in [0.25, 0.3) is 0 Å². The molecule has 1 atom stereocenters. The van der Waals surface area contributed by atoms with Crippen LogP contribution in [0, 0.1) is 0 Å². The first-order valence-corrected chi connectivity index (χ1v) is 5.34. The lowest BCUT2D eigenvalue weighted by Gasteiger charge is -2.28. The topological polar surface area (TPSA) is 20.2 Å². The Kier molecular flexibility index (Phi) is 4.04. The lowest BCUT2D eigenvalue weighted by molar-refractivity contribution is -0.245. The van der Waals surface area contributed by atoms with Gasteiger partial charge in [-0.15, -0.1) is 0 Å². The van der Waals surface area contributed by atoms with E-state index in [1.165, 1.54) is 0 Å². The highest BCUT2D eigenvalue weighted by Gasteiger charge is 2.53. The van der Waals surface area contributed by atoms with Gasteiger partial charge in [0.2, 0.25) is 5.60 Å². The summed E-state index contributed by atoms with van der Waals surface area (Å²) in [5.74, 6) is 0. The fraction of sp³-hybridized carbons (Fsp3) is 0.200. The summed E-state index contributed by atoms with van der Waals surface area (Å²) in [6, 6.07) is 1.79. The zero-order valence-corrected chi connectivity index (χ0v) is 10.4. The Balaban J connectivity index is 3.47. The Bertz CT molecular complexity index is 436. The molecule has 0 aliphatic carbocycles. The molecule has 0 bridgehead atoms. The van der Waals surface area contributed by atoms with Gasteiger partial charge in [-0.05, 0) is 23.8 Å². The van der Waals surface area contributed by atoms with Crippen LogP contribution in [0.2, 0.25) is 15.1 Å². The predicted molar refractivity (Wildman–Crippen MR) is 61.6 cm³/mol. The summed E-state index contributed by atoms with van der Waals surface area (Å²) >= 11 is 16.8. The molecule has 0 heterocycles. The summed E-state index contributed by atoms with van der Waals surface area (Å²) in [6.07, 6.45) is -4.57. The number of benzene rings is 1. The van der Waals surface area contributed by atoms with Crippen molar-refractivity contribution < 1.29 is 18.3 Å². The molecule has 0 aliphatic rings. The molecule has 7 heteroatoms. The standard InChI is InChI=1S/C10H6Cl3F3O/c1-2-9(17,10(14,15)16)5-3-6(11)8(13)7(12)4-5/h2-4,17H,1H2/t9-/m0/s1. The van der Waals surface area contributed by atoms with E-state index in [0.29, 0.717) is 6.08 Å². The van der Waals surface area contributed by atoms with E-state index >= 15 is 0 Å². The Morgan fingerprint density at radius 1 is 1.12 bits per heavy atom. The maximum absolute atomic E-state index is 12.7. The largest absolute Gasteiger partial charge is 0.425 e. The molecule has 0 spiro atoms. The van der Waals surface area contributed by atoms with Crippen LogP contribution < -0.4 is 0 Å². The number of hydrogen-bond donors (Lipinski definition) is 1. The lowest BCUT2D eigenvalue weighted by atomic mass is 9.93. The quantitative estimate of drug-likeness (QED) is 0.626. The van der Waals surface area contributed by atoms with E-state index in [9.17, 15) is 18.3 Å². The number of aliphatic hydroxyl groups is 1. The third kappa shape index (κ3) is 2.55. The van der Waals surface area contributed by atoms with E-state index < -0.39 is 17.3 Å². The first-order chi connectivity index (χ1) is 7.63. The van der Waals surface area contributed by atoms with Crippen molar-refractivity contribution in [3.05, 3.63) is 45.4 Å². The van der Waals surface area contributed by atoms with E-state index in [0.717, 1.165) is 12.1 Å². The molecular weight excluding hydrogens is 299 g/mol. The van der Waals surface area contributed by atoms with E-state index in [2.05, 4.69) is 6.58 Å². The number of halogens is 6. The molecule has 0 aromatic heterocycles. The van der Waals surface area contributed by atoms with Crippen LogP contribution in [0.5, 0.6) is 0 Å².